The summed E-state index contributed by atoms with van der Waals surface area (Å²) in [6, 6.07) is 7.85. The summed E-state index contributed by atoms with van der Waals surface area (Å²) >= 11 is 0. The molecule has 6 heteroatoms. The summed E-state index contributed by atoms with van der Waals surface area (Å²) in [6.07, 6.45) is 1.74. The normalized spacial score (nSPS) is 16.0. The van der Waals surface area contributed by atoms with E-state index in [-0.39, 0.29) is 11.8 Å². The molecule has 22 heavy (non-hydrogen) atoms. The molecule has 0 bridgehead atoms. The second-order valence-corrected chi connectivity index (χ2v) is 5.64. The van der Waals surface area contributed by atoms with Crippen LogP contribution in [-0.4, -0.2) is 34.0 Å². The maximum Gasteiger partial charge on any atom is 0.230 e. The maximum atomic E-state index is 11.3. The van der Waals surface area contributed by atoms with Gasteiger partial charge in [-0.2, -0.15) is 4.98 Å². The van der Waals surface area contributed by atoms with Crippen molar-refractivity contribution in [1.82, 2.24) is 15.0 Å². The smallest absolute Gasteiger partial charge is 0.230 e. The lowest BCUT2D eigenvalue weighted by Gasteiger charge is -2.29. The van der Waals surface area contributed by atoms with Crippen molar-refractivity contribution in [3.8, 4) is 11.4 Å². The lowest BCUT2D eigenvalue weighted by molar-refractivity contribution is -0.129. The molecule has 0 unspecified atom stereocenters. The highest BCUT2D eigenvalue weighted by atomic mass is 16.5. The number of piperidine rings is 1. The van der Waals surface area contributed by atoms with Crippen molar-refractivity contribution in [1.29, 1.82) is 0 Å². The van der Waals surface area contributed by atoms with Crippen molar-refractivity contribution in [2.75, 3.05) is 13.1 Å². The quantitative estimate of drug-likeness (QED) is 0.936. The Hall–Kier alpha value is -2.21. The van der Waals surface area contributed by atoms with Gasteiger partial charge in [-0.05, 0) is 18.4 Å². The molecular formula is C16H20N4O2. The second kappa shape index (κ2) is 6.27. The number of aromatic nitrogens is 2. The van der Waals surface area contributed by atoms with E-state index >= 15 is 0 Å². The Balaban J connectivity index is 1.70. The summed E-state index contributed by atoms with van der Waals surface area (Å²) in [7, 11) is 0. The molecule has 0 atom stereocenters. The van der Waals surface area contributed by atoms with Gasteiger partial charge in [-0.25, -0.2) is 0 Å². The van der Waals surface area contributed by atoms with Crippen LogP contribution in [0.15, 0.2) is 28.8 Å². The molecule has 1 aromatic carbocycles. The molecule has 1 aliphatic heterocycles. The standard InChI is InChI=1S/C16H20N4O2/c1-11(21)20-8-6-14(7-9-20)16-18-15(19-22-16)13-4-2-12(10-17)3-5-13/h2-5,14H,6-10,17H2,1H3. The molecule has 0 radical (unpaired) electrons. The largest absolute Gasteiger partial charge is 0.343 e. The van der Waals surface area contributed by atoms with Gasteiger partial charge in [0.15, 0.2) is 0 Å². The first-order chi connectivity index (χ1) is 10.7. The molecule has 1 amide bonds. The summed E-state index contributed by atoms with van der Waals surface area (Å²) in [6.45, 7) is 3.63. The number of hydrogen-bond acceptors (Lipinski definition) is 5. The molecule has 0 aliphatic carbocycles. The fourth-order valence-corrected chi connectivity index (χ4v) is 2.75. The third-order valence-corrected chi connectivity index (χ3v) is 4.18. The van der Waals surface area contributed by atoms with Gasteiger partial charge in [0.2, 0.25) is 17.6 Å². The summed E-state index contributed by atoms with van der Waals surface area (Å²) in [5.41, 5.74) is 7.59. The van der Waals surface area contributed by atoms with Gasteiger partial charge >= 0.3 is 0 Å². The molecular weight excluding hydrogens is 280 g/mol. The number of benzene rings is 1. The molecule has 6 nitrogen and oxygen atoms in total. The zero-order chi connectivity index (χ0) is 15.5. The molecule has 2 aromatic rings. The van der Waals surface area contributed by atoms with Gasteiger partial charge in [0.25, 0.3) is 0 Å². The third-order valence-electron chi connectivity index (χ3n) is 4.18. The lowest BCUT2D eigenvalue weighted by Crippen LogP contribution is -2.36. The molecule has 3 rings (SSSR count). The molecule has 1 aliphatic rings. The molecule has 1 saturated heterocycles. The Bertz CT molecular complexity index is 642. The van der Waals surface area contributed by atoms with Gasteiger partial charge in [-0.3, -0.25) is 4.79 Å². The number of likely N-dealkylation sites (tertiary alicyclic amines) is 1. The summed E-state index contributed by atoms with van der Waals surface area (Å²) in [4.78, 5) is 17.7. The van der Waals surface area contributed by atoms with E-state index in [1.54, 1.807) is 6.92 Å². The van der Waals surface area contributed by atoms with Crippen molar-refractivity contribution in [3.63, 3.8) is 0 Å². The predicted molar refractivity (Wildman–Crippen MR) is 81.9 cm³/mol. The molecule has 0 spiro atoms. The van der Waals surface area contributed by atoms with Crippen LogP contribution < -0.4 is 5.73 Å². The number of rotatable bonds is 3. The van der Waals surface area contributed by atoms with Crippen molar-refractivity contribution < 1.29 is 9.32 Å². The summed E-state index contributed by atoms with van der Waals surface area (Å²) < 4.78 is 5.42. The van der Waals surface area contributed by atoms with Crippen LogP contribution in [0.5, 0.6) is 0 Å². The Kier molecular flexibility index (Phi) is 4.20. The van der Waals surface area contributed by atoms with E-state index in [0.717, 1.165) is 37.1 Å². The molecule has 1 fully saturated rings. The second-order valence-electron chi connectivity index (χ2n) is 5.64. The van der Waals surface area contributed by atoms with Crippen LogP contribution in [0.25, 0.3) is 11.4 Å². The first-order valence-corrected chi connectivity index (χ1v) is 7.56. The summed E-state index contributed by atoms with van der Waals surface area (Å²) in [5, 5.41) is 4.07. The highest BCUT2D eigenvalue weighted by molar-refractivity contribution is 5.73. The van der Waals surface area contributed by atoms with Crippen molar-refractivity contribution >= 4 is 5.91 Å². The van der Waals surface area contributed by atoms with Crippen LogP contribution >= 0.6 is 0 Å². The number of amides is 1. The Morgan fingerprint density at radius 3 is 2.59 bits per heavy atom. The Morgan fingerprint density at radius 1 is 1.32 bits per heavy atom. The van der Waals surface area contributed by atoms with Crippen LogP contribution in [-0.2, 0) is 11.3 Å². The van der Waals surface area contributed by atoms with Gasteiger partial charge < -0.3 is 15.2 Å². The maximum absolute atomic E-state index is 11.3. The fraction of sp³-hybridized carbons (Fsp3) is 0.438. The predicted octanol–water partition coefficient (Wildman–Crippen LogP) is 1.92. The van der Waals surface area contributed by atoms with Gasteiger partial charge in [-0.15, -0.1) is 0 Å². The fourth-order valence-electron chi connectivity index (χ4n) is 2.75. The zero-order valence-corrected chi connectivity index (χ0v) is 12.7. The first kappa shape index (κ1) is 14.7. The number of hydrogen-bond donors (Lipinski definition) is 1. The third kappa shape index (κ3) is 3.01. The van der Waals surface area contributed by atoms with Crippen molar-refractivity contribution in [3.05, 3.63) is 35.7 Å². The van der Waals surface area contributed by atoms with E-state index < -0.39 is 0 Å². The summed E-state index contributed by atoms with van der Waals surface area (Å²) in [5.74, 6) is 1.64. The minimum absolute atomic E-state index is 0.129. The van der Waals surface area contributed by atoms with Gasteiger partial charge in [0, 0.05) is 38.0 Å². The molecule has 0 saturated carbocycles. The minimum Gasteiger partial charge on any atom is -0.343 e. The zero-order valence-electron chi connectivity index (χ0n) is 12.7. The van der Waals surface area contributed by atoms with Crippen LogP contribution in [0.1, 0.15) is 37.1 Å². The number of carbonyl (C=O) groups excluding carboxylic acids is 1. The molecule has 2 heterocycles. The van der Waals surface area contributed by atoms with Gasteiger partial charge in [0.1, 0.15) is 0 Å². The van der Waals surface area contributed by atoms with Gasteiger partial charge in [0.05, 0.1) is 0 Å². The van der Waals surface area contributed by atoms with E-state index in [0.29, 0.717) is 18.3 Å². The van der Waals surface area contributed by atoms with E-state index in [2.05, 4.69) is 10.1 Å². The topological polar surface area (TPSA) is 85.2 Å². The van der Waals surface area contributed by atoms with E-state index in [1.807, 2.05) is 29.2 Å². The first-order valence-electron chi connectivity index (χ1n) is 7.56. The SMILES string of the molecule is CC(=O)N1CCC(c2nc(-c3ccc(CN)cc3)no2)CC1. The average Bonchev–Trinajstić information content (AvgIpc) is 3.05. The van der Waals surface area contributed by atoms with Crippen molar-refractivity contribution in [2.45, 2.75) is 32.2 Å². The highest BCUT2D eigenvalue weighted by Gasteiger charge is 2.26. The van der Waals surface area contributed by atoms with E-state index in [4.69, 9.17) is 10.3 Å². The Labute approximate surface area is 129 Å². The monoisotopic (exact) mass is 300 g/mol. The lowest BCUT2D eigenvalue weighted by atomic mass is 9.97. The average molecular weight is 300 g/mol. The number of carbonyl (C=O) groups is 1. The molecule has 1 aromatic heterocycles. The minimum atomic E-state index is 0.129. The van der Waals surface area contributed by atoms with Crippen LogP contribution in [0.3, 0.4) is 0 Å². The van der Waals surface area contributed by atoms with Crippen molar-refractivity contribution in [2.24, 2.45) is 5.73 Å². The van der Waals surface area contributed by atoms with Gasteiger partial charge in [-0.1, -0.05) is 29.4 Å². The Morgan fingerprint density at radius 2 is 2.00 bits per heavy atom. The van der Waals surface area contributed by atoms with E-state index in [1.165, 1.54) is 0 Å². The highest BCUT2D eigenvalue weighted by Crippen LogP contribution is 2.28. The van der Waals surface area contributed by atoms with Crippen LogP contribution in [0.2, 0.25) is 0 Å². The van der Waals surface area contributed by atoms with E-state index in [9.17, 15) is 4.79 Å². The molecule has 116 valence electrons. The number of nitrogens with two attached hydrogens (primary N) is 1. The van der Waals surface area contributed by atoms with Crippen LogP contribution in [0.4, 0.5) is 0 Å². The molecule has 2 N–H and O–H groups in total. The van der Waals surface area contributed by atoms with Crippen LogP contribution in [0, 0.1) is 0 Å². The number of nitrogens with zero attached hydrogens (tertiary/aromatic N) is 3.